The summed E-state index contributed by atoms with van der Waals surface area (Å²) in [6.07, 6.45) is 1.49. The number of furan rings is 1. The minimum absolute atomic E-state index is 0.299. The molecule has 0 aliphatic carbocycles. The Hall–Kier alpha value is -1.49. The summed E-state index contributed by atoms with van der Waals surface area (Å²) in [6.45, 7) is 0.967. The predicted molar refractivity (Wildman–Crippen MR) is 47.6 cm³/mol. The van der Waals surface area contributed by atoms with E-state index in [0.29, 0.717) is 19.0 Å². The van der Waals surface area contributed by atoms with Gasteiger partial charge in [-0.05, 0) is 6.07 Å². The molecule has 0 spiro atoms. The molecule has 5 heteroatoms. The zero-order chi connectivity index (χ0) is 9.52. The van der Waals surface area contributed by atoms with Crippen LogP contribution in [0.1, 0.15) is 0 Å². The average Bonchev–Trinajstić information content (AvgIpc) is 2.57. The van der Waals surface area contributed by atoms with Crippen molar-refractivity contribution in [3.05, 3.63) is 18.4 Å². The minimum Gasteiger partial charge on any atom is -0.449 e. The van der Waals surface area contributed by atoms with E-state index in [-0.39, 0.29) is 6.03 Å². The highest BCUT2D eigenvalue weighted by atomic mass is 16.5. The van der Waals surface area contributed by atoms with Gasteiger partial charge in [-0.1, -0.05) is 0 Å². The van der Waals surface area contributed by atoms with Crippen molar-refractivity contribution in [2.75, 3.05) is 25.6 Å². The van der Waals surface area contributed by atoms with E-state index < -0.39 is 0 Å². The van der Waals surface area contributed by atoms with Crippen LogP contribution in [0, 0.1) is 0 Å². The maximum atomic E-state index is 11.0. The summed E-state index contributed by atoms with van der Waals surface area (Å²) in [5.74, 6) is 0.426. The van der Waals surface area contributed by atoms with Gasteiger partial charge >= 0.3 is 6.03 Å². The zero-order valence-electron chi connectivity index (χ0n) is 7.37. The van der Waals surface area contributed by atoms with Gasteiger partial charge in [0.05, 0.1) is 12.9 Å². The Labute approximate surface area is 76.1 Å². The van der Waals surface area contributed by atoms with Gasteiger partial charge < -0.3 is 14.5 Å². The van der Waals surface area contributed by atoms with Crippen LogP contribution in [0.15, 0.2) is 22.8 Å². The molecule has 5 nitrogen and oxygen atoms in total. The fraction of sp³-hybridized carbons (Fsp3) is 0.375. The van der Waals surface area contributed by atoms with Crippen LogP contribution < -0.4 is 10.6 Å². The van der Waals surface area contributed by atoms with Crippen molar-refractivity contribution < 1.29 is 13.9 Å². The average molecular weight is 184 g/mol. The van der Waals surface area contributed by atoms with Gasteiger partial charge in [-0.25, -0.2) is 4.79 Å². The molecule has 0 aromatic carbocycles. The van der Waals surface area contributed by atoms with Crippen molar-refractivity contribution >= 4 is 11.9 Å². The highest BCUT2D eigenvalue weighted by Crippen LogP contribution is 2.05. The number of rotatable bonds is 4. The van der Waals surface area contributed by atoms with Crippen LogP contribution in [0.4, 0.5) is 10.7 Å². The number of hydrogen-bond donors (Lipinski definition) is 2. The van der Waals surface area contributed by atoms with Crippen LogP contribution >= 0.6 is 0 Å². The largest absolute Gasteiger partial charge is 0.449 e. The lowest BCUT2D eigenvalue weighted by Gasteiger charge is -2.03. The second-order valence-electron chi connectivity index (χ2n) is 2.35. The SMILES string of the molecule is COCCNC(=O)Nc1ccco1. The predicted octanol–water partition coefficient (Wildman–Crippen LogP) is 1.05. The standard InChI is InChI=1S/C8H12N2O3/c1-12-6-4-9-8(11)10-7-3-2-5-13-7/h2-3,5H,4,6H2,1H3,(H2,9,10,11). The number of hydrogen-bond acceptors (Lipinski definition) is 3. The van der Waals surface area contributed by atoms with E-state index in [1.165, 1.54) is 6.26 Å². The molecule has 0 radical (unpaired) electrons. The van der Waals surface area contributed by atoms with E-state index in [9.17, 15) is 4.79 Å². The Kier molecular flexibility index (Phi) is 3.84. The Morgan fingerprint density at radius 3 is 3.15 bits per heavy atom. The molecule has 0 saturated carbocycles. The van der Waals surface area contributed by atoms with Gasteiger partial charge in [0.2, 0.25) is 5.88 Å². The Morgan fingerprint density at radius 2 is 2.54 bits per heavy atom. The molecular formula is C8H12N2O3. The number of nitrogens with one attached hydrogen (secondary N) is 2. The molecular weight excluding hydrogens is 172 g/mol. The van der Waals surface area contributed by atoms with Crippen molar-refractivity contribution in [2.24, 2.45) is 0 Å². The van der Waals surface area contributed by atoms with Gasteiger partial charge in [0.15, 0.2) is 0 Å². The lowest BCUT2D eigenvalue weighted by atomic mass is 10.6. The van der Waals surface area contributed by atoms with Crippen molar-refractivity contribution in [1.29, 1.82) is 0 Å². The van der Waals surface area contributed by atoms with Crippen LogP contribution in [0.5, 0.6) is 0 Å². The first-order chi connectivity index (χ1) is 6.33. The fourth-order valence-corrected chi connectivity index (χ4v) is 0.772. The third kappa shape index (κ3) is 3.62. The van der Waals surface area contributed by atoms with Gasteiger partial charge in [-0.15, -0.1) is 0 Å². The number of methoxy groups -OCH3 is 1. The van der Waals surface area contributed by atoms with Gasteiger partial charge in [0.25, 0.3) is 0 Å². The number of anilines is 1. The Bertz CT molecular complexity index is 246. The first-order valence-corrected chi connectivity index (χ1v) is 3.90. The zero-order valence-corrected chi connectivity index (χ0v) is 7.37. The number of ether oxygens (including phenoxy) is 1. The van der Waals surface area contributed by atoms with Crippen molar-refractivity contribution in [3.8, 4) is 0 Å². The first kappa shape index (κ1) is 9.60. The van der Waals surface area contributed by atoms with Crippen LogP contribution in [0.25, 0.3) is 0 Å². The van der Waals surface area contributed by atoms with Gasteiger partial charge in [-0.2, -0.15) is 0 Å². The Balaban J connectivity index is 2.18. The molecule has 0 atom stereocenters. The minimum atomic E-state index is -0.299. The molecule has 0 aliphatic heterocycles. The number of carbonyl (C=O) groups excluding carboxylic acids is 1. The lowest BCUT2D eigenvalue weighted by molar-refractivity contribution is 0.198. The maximum Gasteiger partial charge on any atom is 0.321 e. The van der Waals surface area contributed by atoms with Crippen LogP contribution in [-0.2, 0) is 4.74 Å². The molecule has 0 unspecified atom stereocenters. The molecule has 2 N–H and O–H groups in total. The summed E-state index contributed by atoms with van der Waals surface area (Å²) in [6, 6.07) is 3.06. The van der Waals surface area contributed by atoms with Gasteiger partial charge in [0.1, 0.15) is 0 Å². The van der Waals surface area contributed by atoms with Crippen LogP contribution in [0.3, 0.4) is 0 Å². The normalized spacial score (nSPS) is 9.62. The molecule has 1 aromatic rings. The fourth-order valence-electron chi connectivity index (χ4n) is 0.772. The lowest BCUT2D eigenvalue weighted by Crippen LogP contribution is -2.31. The quantitative estimate of drug-likeness (QED) is 0.687. The highest BCUT2D eigenvalue weighted by molar-refractivity contribution is 5.87. The monoisotopic (exact) mass is 184 g/mol. The molecule has 1 heterocycles. The van der Waals surface area contributed by atoms with E-state index in [2.05, 4.69) is 10.6 Å². The van der Waals surface area contributed by atoms with E-state index in [0.717, 1.165) is 0 Å². The molecule has 13 heavy (non-hydrogen) atoms. The molecule has 0 fully saturated rings. The smallest absolute Gasteiger partial charge is 0.321 e. The molecule has 1 aromatic heterocycles. The van der Waals surface area contributed by atoms with E-state index in [4.69, 9.17) is 9.15 Å². The van der Waals surface area contributed by atoms with E-state index >= 15 is 0 Å². The second-order valence-corrected chi connectivity index (χ2v) is 2.35. The van der Waals surface area contributed by atoms with Crippen molar-refractivity contribution in [3.63, 3.8) is 0 Å². The summed E-state index contributed by atoms with van der Waals surface area (Å²) in [5, 5.41) is 5.10. The molecule has 0 saturated heterocycles. The summed E-state index contributed by atoms with van der Waals surface area (Å²) in [4.78, 5) is 11.0. The van der Waals surface area contributed by atoms with Gasteiger partial charge in [-0.3, -0.25) is 5.32 Å². The molecule has 2 amide bonds. The van der Waals surface area contributed by atoms with Crippen LogP contribution in [-0.4, -0.2) is 26.3 Å². The van der Waals surface area contributed by atoms with E-state index in [1.807, 2.05) is 0 Å². The first-order valence-electron chi connectivity index (χ1n) is 3.90. The highest BCUT2D eigenvalue weighted by Gasteiger charge is 2.01. The number of carbonyl (C=O) groups is 1. The summed E-state index contributed by atoms with van der Waals surface area (Å²) < 4.78 is 9.67. The number of urea groups is 1. The van der Waals surface area contributed by atoms with Gasteiger partial charge in [0, 0.05) is 19.7 Å². The Morgan fingerprint density at radius 1 is 1.69 bits per heavy atom. The topological polar surface area (TPSA) is 63.5 Å². The third-order valence-electron chi connectivity index (χ3n) is 1.35. The number of amides is 2. The van der Waals surface area contributed by atoms with Crippen molar-refractivity contribution in [1.82, 2.24) is 5.32 Å². The summed E-state index contributed by atoms with van der Waals surface area (Å²) in [5.41, 5.74) is 0. The van der Waals surface area contributed by atoms with Crippen molar-refractivity contribution in [2.45, 2.75) is 0 Å². The summed E-state index contributed by atoms with van der Waals surface area (Å²) >= 11 is 0. The summed E-state index contributed by atoms with van der Waals surface area (Å²) in [7, 11) is 1.58. The molecule has 0 bridgehead atoms. The molecule has 0 aliphatic rings. The molecule has 72 valence electrons. The van der Waals surface area contributed by atoms with E-state index in [1.54, 1.807) is 19.2 Å². The second kappa shape index (κ2) is 5.21. The maximum absolute atomic E-state index is 11.0. The third-order valence-corrected chi connectivity index (χ3v) is 1.35. The molecule has 1 rings (SSSR count). The van der Waals surface area contributed by atoms with Crippen LogP contribution in [0.2, 0.25) is 0 Å².